The average Bonchev–Trinajstić information content (AvgIpc) is 3.17. The molecule has 1 atom stereocenters. The van der Waals surface area contributed by atoms with E-state index in [2.05, 4.69) is 5.32 Å². The Morgan fingerprint density at radius 3 is 2.32 bits per heavy atom. The Balaban J connectivity index is 1.50. The van der Waals surface area contributed by atoms with E-state index in [0.29, 0.717) is 28.4 Å². The molecule has 1 unspecified atom stereocenters. The van der Waals surface area contributed by atoms with Crippen molar-refractivity contribution in [3.05, 3.63) is 159 Å². The van der Waals surface area contributed by atoms with Crippen LogP contribution < -0.4 is 15.6 Å². The molecule has 0 bridgehead atoms. The topological polar surface area (TPSA) is 72.8 Å². The summed E-state index contributed by atoms with van der Waals surface area (Å²) in [4.78, 5) is 28.6. The van der Waals surface area contributed by atoms with Gasteiger partial charge in [0.2, 0.25) is 0 Å². The normalized spacial score (nSPS) is 14.5. The first-order chi connectivity index (χ1) is 25.6. The number of hydrogen-bond donors (Lipinski definition) is 1. The van der Waals surface area contributed by atoms with Crippen LogP contribution in [-0.2, 0) is 35.2 Å². The van der Waals surface area contributed by atoms with Crippen molar-refractivity contribution in [1.29, 1.82) is 0 Å². The third-order valence-corrected chi connectivity index (χ3v) is 10.5. The number of alkyl halides is 3. The van der Waals surface area contributed by atoms with Gasteiger partial charge in [0.15, 0.2) is 0 Å². The maximum absolute atomic E-state index is 15.0. The van der Waals surface area contributed by atoms with Crippen LogP contribution in [0.3, 0.4) is 0 Å². The van der Waals surface area contributed by atoms with Crippen molar-refractivity contribution in [2.45, 2.75) is 36.8 Å². The molecule has 7 nitrogen and oxygen atoms in total. The smallest absolute Gasteiger partial charge is 0.416 e. The number of rotatable bonds is 10. The van der Waals surface area contributed by atoms with Gasteiger partial charge in [0.1, 0.15) is 22.5 Å². The summed E-state index contributed by atoms with van der Waals surface area (Å²) in [5.74, 6) is 0.0454. The third kappa shape index (κ3) is 7.53. The molecule has 1 aliphatic heterocycles. The molecule has 1 aromatic heterocycles. The van der Waals surface area contributed by atoms with E-state index in [4.69, 9.17) is 9.47 Å². The molecule has 6 aromatic rings. The third-order valence-electron chi connectivity index (χ3n) is 9.40. The number of carbonyl (C=O) groups is 1. The highest BCUT2D eigenvalue weighted by Crippen LogP contribution is 2.45. The largest absolute Gasteiger partial charge is 0.497 e. The zero-order chi connectivity index (χ0) is 37.1. The van der Waals surface area contributed by atoms with Crippen LogP contribution in [0, 0.1) is 0 Å². The molecule has 270 valence electrons. The number of anilines is 1. The number of fused-ring (bicyclic) bond motifs is 2. The molecule has 0 saturated carbocycles. The first-order valence-corrected chi connectivity index (χ1v) is 17.8. The lowest BCUT2D eigenvalue weighted by Crippen LogP contribution is -2.43. The maximum Gasteiger partial charge on any atom is 0.416 e. The van der Waals surface area contributed by atoms with Crippen molar-refractivity contribution < 1.29 is 27.4 Å². The van der Waals surface area contributed by atoms with Gasteiger partial charge in [-0.05, 0) is 74.8 Å². The van der Waals surface area contributed by atoms with Crippen LogP contribution in [0.5, 0.6) is 5.75 Å². The van der Waals surface area contributed by atoms with Crippen LogP contribution in [-0.4, -0.2) is 35.6 Å². The number of aromatic nitrogens is 1. The monoisotopic (exact) mass is 735 g/mol. The highest BCUT2D eigenvalue weighted by molar-refractivity contribution is 7.97. The Morgan fingerprint density at radius 1 is 0.868 bits per heavy atom. The molecule has 0 saturated heterocycles. The van der Waals surface area contributed by atoms with E-state index in [0.717, 1.165) is 39.6 Å². The fraction of sp³-hybridized carbons (Fsp3) is 0.190. The number of pyridine rings is 1. The number of ether oxygens (including phenoxy) is 2. The molecule has 2 heterocycles. The minimum absolute atomic E-state index is 0.110. The number of methoxy groups -OCH3 is 2. The van der Waals surface area contributed by atoms with Crippen molar-refractivity contribution in [1.82, 2.24) is 8.87 Å². The molecule has 5 aromatic carbocycles. The van der Waals surface area contributed by atoms with Gasteiger partial charge in [0, 0.05) is 31.6 Å². The van der Waals surface area contributed by atoms with Crippen LogP contribution in [0.2, 0.25) is 0 Å². The summed E-state index contributed by atoms with van der Waals surface area (Å²) >= 11 is 1.24. The van der Waals surface area contributed by atoms with E-state index in [1.807, 2.05) is 101 Å². The molecule has 11 heteroatoms. The average molecular weight is 736 g/mol. The zero-order valence-electron chi connectivity index (χ0n) is 29.0. The first-order valence-electron chi connectivity index (χ1n) is 17.0. The maximum atomic E-state index is 15.0. The summed E-state index contributed by atoms with van der Waals surface area (Å²) < 4.78 is 56.9. The molecule has 0 amide bonds. The number of nitrogens with one attached hydrogen (secondary N) is 1. The van der Waals surface area contributed by atoms with Gasteiger partial charge in [0.05, 0.1) is 19.8 Å². The van der Waals surface area contributed by atoms with Gasteiger partial charge in [-0.2, -0.15) is 13.2 Å². The van der Waals surface area contributed by atoms with E-state index in [-0.39, 0.29) is 30.8 Å². The van der Waals surface area contributed by atoms with E-state index in [9.17, 15) is 22.8 Å². The standard InChI is InChI=1S/C42H36F3N3O4S/c1-51-33-20-18-28(19-21-33)25-47-26-36(41(50)52-2)48-39(49)38(46-24-27-10-4-3-5-11-27)35(23-30-14-8-13-29-12-6-7-17-34(29)30)37(40(48)53-47)31-15-9-16-32(22-31)42(43,44)45/h3-22,36,46H,23-26H2,1-2H3. The van der Waals surface area contributed by atoms with Crippen LogP contribution in [0.15, 0.2) is 131 Å². The van der Waals surface area contributed by atoms with Gasteiger partial charge < -0.3 is 14.8 Å². The second kappa shape index (κ2) is 15.2. The van der Waals surface area contributed by atoms with Crippen LogP contribution >= 0.6 is 11.9 Å². The van der Waals surface area contributed by atoms with Crippen molar-refractivity contribution in [3.63, 3.8) is 0 Å². The van der Waals surface area contributed by atoms with Gasteiger partial charge in [-0.3, -0.25) is 9.36 Å². The van der Waals surface area contributed by atoms with Crippen molar-refractivity contribution in [2.24, 2.45) is 0 Å². The summed E-state index contributed by atoms with van der Waals surface area (Å²) in [5.41, 5.74) is 2.84. The Kier molecular flexibility index (Phi) is 10.3. The van der Waals surface area contributed by atoms with Crippen LogP contribution in [0.25, 0.3) is 21.9 Å². The van der Waals surface area contributed by atoms with E-state index in [1.54, 1.807) is 13.2 Å². The summed E-state index contributed by atoms with van der Waals surface area (Å²) in [6, 6.07) is 34.8. The Morgan fingerprint density at radius 2 is 1.58 bits per heavy atom. The lowest BCUT2D eigenvalue weighted by molar-refractivity contribution is -0.145. The molecular weight excluding hydrogens is 700 g/mol. The van der Waals surface area contributed by atoms with Crippen molar-refractivity contribution in [2.75, 3.05) is 26.1 Å². The van der Waals surface area contributed by atoms with Gasteiger partial charge in [-0.15, -0.1) is 0 Å². The lowest BCUT2D eigenvalue weighted by Gasteiger charge is -2.36. The molecule has 0 fully saturated rings. The Labute approximate surface area is 309 Å². The Bertz CT molecular complexity index is 2320. The highest BCUT2D eigenvalue weighted by atomic mass is 32.2. The van der Waals surface area contributed by atoms with Gasteiger partial charge in [0.25, 0.3) is 5.56 Å². The quantitative estimate of drug-likeness (QED) is 0.111. The van der Waals surface area contributed by atoms with E-state index in [1.165, 1.54) is 29.7 Å². The molecule has 53 heavy (non-hydrogen) atoms. The molecule has 0 spiro atoms. The summed E-state index contributed by atoms with van der Waals surface area (Å²) in [6.45, 7) is 0.740. The molecule has 7 rings (SSSR count). The first kappa shape index (κ1) is 35.9. The fourth-order valence-corrected chi connectivity index (χ4v) is 8.11. The van der Waals surface area contributed by atoms with Crippen molar-refractivity contribution >= 4 is 34.4 Å². The highest BCUT2D eigenvalue weighted by Gasteiger charge is 2.38. The summed E-state index contributed by atoms with van der Waals surface area (Å²) in [6.07, 6.45) is -4.40. The molecule has 1 aliphatic rings. The van der Waals surface area contributed by atoms with Gasteiger partial charge in [-0.25, -0.2) is 9.10 Å². The number of hydrogen-bond acceptors (Lipinski definition) is 7. The second-order valence-corrected chi connectivity index (χ2v) is 13.8. The molecule has 0 aliphatic carbocycles. The number of carbonyl (C=O) groups excluding carboxylic acids is 1. The number of nitrogens with zero attached hydrogens (tertiary/aromatic N) is 2. The zero-order valence-corrected chi connectivity index (χ0v) is 29.8. The molecule has 0 radical (unpaired) electrons. The summed E-state index contributed by atoms with van der Waals surface area (Å²) in [7, 11) is 2.85. The molecular formula is C42H36F3N3O4S. The fourth-order valence-electron chi connectivity index (χ4n) is 6.80. The van der Waals surface area contributed by atoms with E-state index >= 15 is 0 Å². The van der Waals surface area contributed by atoms with E-state index < -0.39 is 29.3 Å². The second-order valence-electron chi connectivity index (χ2n) is 12.7. The Hall–Kier alpha value is -5.52. The SMILES string of the molecule is COC(=O)C1CN(Cc2ccc(OC)cc2)Sc2c(-c3cccc(C(F)(F)F)c3)c(Cc3cccc4ccccc34)c(NCc3ccccc3)c(=O)n21. The lowest BCUT2D eigenvalue weighted by atomic mass is 9.91. The van der Waals surface area contributed by atoms with Crippen molar-refractivity contribution in [3.8, 4) is 16.9 Å². The van der Waals surface area contributed by atoms with Gasteiger partial charge >= 0.3 is 12.1 Å². The number of benzene rings is 5. The number of halogens is 3. The predicted octanol–water partition coefficient (Wildman–Crippen LogP) is 9.14. The van der Waals surface area contributed by atoms with Crippen LogP contribution in [0.1, 0.15) is 33.9 Å². The van der Waals surface area contributed by atoms with Gasteiger partial charge in [-0.1, -0.05) is 97.1 Å². The predicted molar refractivity (Wildman–Crippen MR) is 202 cm³/mol. The molecule has 1 N–H and O–H groups in total. The minimum Gasteiger partial charge on any atom is -0.497 e. The van der Waals surface area contributed by atoms with Crippen LogP contribution in [0.4, 0.5) is 18.9 Å². The summed E-state index contributed by atoms with van der Waals surface area (Å²) in [5, 5.41) is 5.67. The number of esters is 1. The minimum atomic E-state index is -4.62.